The number of carbonyl (C=O) groups excluding carboxylic acids is 1. The fraction of sp³-hybridized carbons (Fsp3) is 0.125. The molecule has 1 aliphatic heterocycles. The molecule has 0 unspecified atom stereocenters. The predicted octanol–water partition coefficient (Wildman–Crippen LogP) is 2.96. The number of nitrogens with zero attached hydrogens (tertiary/aromatic N) is 3. The van der Waals surface area contributed by atoms with Crippen LogP contribution < -0.4 is 15.8 Å². The van der Waals surface area contributed by atoms with Crippen molar-refractivity contribution >= 4 is 27.6 Å². The van der Waals surface area contributed by atoms with Crippen LogP contribution in [0.4, 0.5) is 16.0 Å². The smallest absolute Gasteiger partial charge is 0.261 e. The summed E-state index contributed by atoms with van der Waals surface area (Å²) in [4.78, 5) is 21.1. The Kier molecular flexibility index (Phi) is 5.48. The van der Waals surface area contributed by atoms with Gasteiger partial charge in [-0.2, -0.15) is 0 Å². The van der Waals surface area contributed by atoms with E-state index in [-0.39, 0.29) is 22.4 Å². The summed E-state index contributed by atoms with van der Waals surface area (Å²) in [5, 5.41) is 2.87. The Labute approximate surface area is 200 Å². The molecule has 2 aromatic carbocycles. The average Bonchev–Trinajstić information content (AvgIpc) is 3.13. The molecule has 0 fully saturated rings. The molecule has 9 nitrogen and oxygen atoms in total. The van der Waals surface area contributed by atoms with Crippen LogP contribution in [-0.2, 0) is 23.5 Å². The van der Waals surface area contributed by atoms with Gasteiger partial charge in [-0.3, -0.25) is 9.52 Å². The second kappa shape index (κ2) is 8.51. The Bertz CT molecular complexity index is 1580. The minimum Gasteiger partial charge on any atom is -0.368 e. The number of rotatable bonds is 5. The van der Waals surface area contributed by atoms with Gasteiger partial charge in [0.2, 0.25) is 5.95 Å². The van der Waals surface area contributed by atoms with E-state index in [1.54, 1.807) is 30.3 Å². The highest BCUT2D eigenvalue weighted by atomic mass is 32.2. The third-order valence-electron chi connectivity index (χ3n) is 5.82. The van der Waals surface area contributed by atoms with E-state index in [0.717, 1.165) is 11.8 Å². The van der Waals surface area contributed by atoms with Crippen molar-refractivity contribution in [2.45, 2.75) is 11.3 Å². The van der Waals surface area contributed by atoms with Crippen molar-refractivity contribution in [1.29, 1.82) is 0 Å². The molecule has 0 radical (unpaired) electrons. The number of hydrogen-bond acceptors (Lipinski definition) is 6. The van der Waals surface area contributed by atoms with Gasteiger partial charge < -0.3 is 15.6 Å². The van der Waals surface area contributed by atoms with Crippen molar-refractivity contribution < 1.29 is 17.6 Å². The third-order valence-corrected chi connectivity index (χ3v) is 7.20. The second-order valence-electron chi connectivity index (χ2n) is 8.05. The van der Waals surface area contributed by atoms with E-state index in [1.165, 1.54) is 24.4 Å². The number of anilines is 2. The highest BCUT2D eigenvalue weighted by Crippen LogP contribution is 2.40. The largest absolute Gasteiger partial charge is 0.368 e. The molecule has 5 rings (SSSR count). The van der Waals surface area contributed by atoms with E-state index in [0.29, 0.717) is 41.0 Å². The summed E-state index contributed by atoms with van der Waals surface area (Å²) in [6, 6.07) is 13.1. The van der Waals surface area contributed by atoms with Gasteiger partial charge in [0, 0.05) is 43.2 Å². The van der Waals surface area contributed by atoms with E-state index in [9.17, 15) is 17.6 Å². The van der Waals surface area contributed by atoms with Gasteiger partial charge in [0.1, 0.15) is 5.82 Å². The summed E-state index contributed by atoms with van der Waals surface area (Å²) in [7, 11) is -2.18. The van der Waals surface area contributed by atoms with Crippen LogP contribution in [0.15, 0.2) is 65.7 Å². The van der Waals surface area contributed by atoms with Gasteiger partial charge in [-0.25, -0.2) is 22.8 Å². The van der Waals surface area contributed by atoms with Crippen molar-refractivity contribution in [1.82, 2.24) is 19.9 Å². The van der Waals surface area contributed by atoms with E-state index in [4.69, 9.17) is 5.73 Å². The first-order chi connectivity index (χ1) is 16.7. The number of sulfonamides is 1. The van der Waals surface area contributed by atoms with Crippen LogP contribution in [0, 0.1) is 5.82 Å². The molecule has 0 saturated heterocycles. The maximum absolute atomic E-state index is 13.6. The van der Waals surface area contributed by atoms with Crippen molar-refractivity contribution in [3.8, 4) is 22.5 Å². The Morgan fingerprint density at radius 3 is 2.69 bits per heavy atom. The Morgan fingerprint density at radius 1 is 1.11 bits per heavy atom. The Balaban J connectivity index is 1.66. The summed E-state index contributed by atoms with van der Waals surface area (Å²) in [6.45, 7) is 0.502. The number of nitrogens with one attached hydrogen (secondary N) is 2. The number of carbonyl (C=O) groups is 1. The van der Waals surface area contributed by atoms with Gasteiger partial charge in [-0.1, -0.05) is 18.2 Å². The molecule has 0 saturated carbocycles. The molecule has 3 heterocycles. The normalized spacial score (nSPS) is 13.3. The molecule has 0 bridgehead atoms. The lowest BCUT2D eigenvalue weighted by molar-refractivity contribution is 0.0946. The van der Waals surface area contributed by atoms with Crippen LogP contribution in [0.2, 0.25) is 0 Å². The van der Waals surface area contributed by atoms with Crippen molar-refractivity contribution in [2.24, 2.45) is 7.05 Å². The fourth-order valence-corrected chi connectivity index (χ4v) is 5.41. The average molecular weight is 493 g/mol. The minimum atomic E-state index is -4.04. The van der Waals surface area contributed by atoms with E-state index in [1.807, 2.05) is 11.6 Å². The first-order valence-electron chi connectivity index (χ1n) is 10.7. The highest BCUT2D eigenvalue weighted by Gasteiger charge is 2.30. The number of hydrogen-bond donors (Lipinski definition) is 3. The van der Waals surface area contributed by atoms with Gasteiger partial charge in [0.25, 0.3) is 15.9 Å². The molecule has 0 atom stereocenters. The zero-order valence-electron chi connectivity index (χ0n) is 18.6. The molecule has 1 amide bonds. The first-order valence-corrected chi connectivity index (χ1v) is 12.2. The summed E-state index contributed by atoms with van der Waals surface area (Å²) in [6.07, 6.45) is 2.16. The van der Waals surface area contributed by atoms with E-state index >= 15 is 0 Å². The highest BCUT2D eigenvalue weighted by molar-refractivity contribution is 7.92. The lowest BCUT2D eigenvalue weighted by Gasteiger charge is -2.15. The SMILES string of the molecule is Cn1c2c(c(-c3cccc(NS(=O)(=O)c4cccc(F)c4)c3)c1-c1ccnc(N)n1)C(=O)NCC2. The molecule has 4 aromatic rings. The number of nitrogens with two attached hydrogens (primary N) is 1. The Morgan fingerprint density at radius 2 is 1.91 bits per heavy atom. The number of benzene rings is 2. The second-order valence-corrected chi connectivity index (χ2v) is 9.74. The topological polar surface area (TPSA) is 132 Å². The summed E-state index contributed by atoms with van der Waals surface area (Å²) >= 11 is 0. The molecule has 4 N–H and O–H groups in total. The number of aromatic nitrogens is 3. The molecule has 35 heavy (non-hydrogen) atoms. The van der Waals surface area contributed by atoms with Gasteiger partial charge in [-0.15, -0.1) is 0 Å². The zero-order chi connectivity index (χ0) is 24.7. The van der Waals surface area contributed by atoms with Crippen LogP contribution in [-0.4, -0.2) is 35.4 Å². The number of amides is 1. The van der Waals surface area contributed by atoms with Gasteiger partial charge in [0.15, 0.2) is 0 Å². The van der Waals surface area contributed by atoms with Crippen molar-refractivity contribution in [3.05, 3.63) is 77.9 Å². The standard InChI is InChI=1S/C24H21FN6O3S/c1-31-19-9-11-27-23(32)21(19)20(22(31)18-8-10-28-24(26)29-18)14-4-2-6-16(12-14)30-35(33,34)17-7-3-5-15(25)13-17/h2-8,10,12-13,30H,9,11H2,1H3,(H,27,32)(H2,26,28,29). The van der Waals surface area contributed by atoms with Gasteiger partial charge in [-0.05, 0) is 42.0 Å². The molecule has 11 heteroatoms. The van der Waals surface area contributed by atoms with Crippen LogP contribution in [0.5, 0.6) is 0 Å². The molecular weight excluding hydrogens is 471 g/mol. The monoisotopic (exact) mass is 492 g/mol. The summed E-state index contributed by atoms with van der Waals surface area (Å²) in [5.74, 6) is -0.790. The lowest BCUT2D eigenvalue weighted by atomic mass is 9.96. The van der Waals surface area contributed by atoms with Crippen LogP contribution in [0.25, 0.3) is 22.5 Å². The first kappa shape index (κ1) is 22.5. The van der Waals surface area contributed by atoms with Crippen LogP contribution >= 0.6 is 0 Å². The van der Waals surface area contributed by atoms with E-state index < -0.39 is 15.8 Å². The number of fused-ring (bicyclic) bond motifs is 1. The molecule has 0 aliphatic carbocycles. The number of halogens is 1. The summed E-state index contributed by atoms with van der Waals surface area (Å²) < 4.78 is 43.7. The molecular formula is C24H21FN6O3S. The molecule has 178 valence electrons. The van der Waals surface area contributed by atoms with Crippen LogP contribution in [0.1, 0.15) is 16.1 Å². The molecule has 1 aliphatic rings. The van der Waals surface area contributed by atoms with Crippen molar-refractivity contribution in [3.63, 3.8) is 0 Å². The predicted molar refractivity (Wildman–Crippen MR) is 130 cm³/mol. The maximum Gasteiger partial charge on any atom is 0.261 e. The van der Waals surface area contributed by atoms with E-state index in [2.05, 4.69) is 20.0 Å². The Hall–Kier alpha value is -4.25. The van der Waals surface area contributed by atoms with Gasteiger partial charge in [0.05, 0.1) is 21.8 Å². The molecule has 2 aromatic heterocycles. The summed E-state index contributed by atoms with van der Waals surface area (Å²) in [5.41, 5.74) is 9.81. The van der Waals surface area contributed by atoms with Crippen LogP contribution in [0.3, 0.4) is 0 Å². The third kappa shape index (κ3) is 4.10. The van der Waals surface area contributed by atoms with Crippen molar-refractivity contribution in [2.75, 3.05) is 17.0 Å². The zero-order valence-corrected chi connectivity index (χ0v) is 19.4. The molecule has 0 spiro atoms. The maximum atomic E-state index is 13.6. The minimum absolute atomic E-state index is 0.0914. The quantitative estimate of drug-likeness (QED) is 0.392. The lowest BCUT2D eigenvalue weighted by Crippen LogP contribution is -2.32. The fourth-order valence-electron chi connectivity index (χ4n) is 4.33. The number of nitrogen functional groups attached to an aromatic ring is 1. The van der Waals surface area contributed by atoms with Gasteiger partial charge >= 0.3 is 0 Å².